The van der Waals surface area contributed by atoms with Crippen LogP contribution < -0.4 is 9.47 Å². The lowest BCUT2D eigenvalue weighted by atomic mass is 10.3. The first-order chi connectivity index (χ1) is 24.2. The first-order valence-corrected chi connectivity index (χ1v) is 15.1. The summed E-state index contributed by atoms with van der Waals surface area (Å²) in [4.78, 5) is 15.5. The van der Waals surface area contributed by atoms with Crippen molar-refractivity contribution in [3.63, 3.8) is 0 Å². The molecule has 0 unspecified atom stereocenters. The standard InChI is InChI=1S/C16H8ClF3N4O.C12H6ClF3N2O.C4H3BrN2/c17-15-11(2-7-14-21-8-1-9-22-14)10-24(23-15)12-3-5-13(6-4-12)25-16(18,19)20;1-2-8-7-18(17-11(8)13)9-3-5-10(6-4-9)19-12(14,15)16;5-4-6-2-1-3-7-4/h1,3-6,8-10H;1,3-7H;1-3H. The van der Waals surface area contributed by atoms with Crippen LogP contribution in [0.25, 0.3) is 11.4 Å². The van der Waals surface area contributed by atoms with Crippen molar-refractivity contribution in [2.45, 2.75) is 12.7 Å². The molecule has 0 N–H and O–H groups in total. The Hall–Kier alpha value is -5.62. The first kappa shape index (κ1) is 38.2. The average molecular weight is 810 g/mol. The van der Waals surface area contributed by atoms with Crippen molar-refractivity contribution in [1.82, 2.24) is 39.5 Å². The van der Waals surface area contributed by atoms with Crippen LogP contribution in [-0.4, -0.2) is 52.2 Å². The molecule has 19 heteroatoms. The molecular weight excluding hydrogens is 793 g/mol. The van der Waals surface area contributed by atoms with Gasteiger partial charge in [0.05, 0.1) is 22.5 Å². The first-order valence-electron chi connectivity index (χ1n) is 13.6. The van der Waals surface area contributed by atoms with Gasteiger partial charge in [0.2, 0.25) is 5.82 Å². The Labute approximate surface area is 303 Å². The maximum atomic E-state index is 12.2. The molecule has 0 saturated carbocycles. The van der Waals surface area contributed by atoms with E-state index in [0.29, 0.717) is 33.1 Å². The molecule has 0 aliphatic heterocycles. The van der Waals surface area contributed by atoms with Crippen LogP contribution in [0.15, 0.2) is 103 Å². The van der Waals surface area contributed by atoms with E-state index in [2.05, 4.69) is 73.3 Å². The number of benzene rings is 2. The van der Waals surface area contributed by atoms with Gasteiger partial charge in [0.25, 0.3) is 0 Å². The Morgan fingerprint density at radius 2 is 1.04 bits per heavy atom. The SMILES string of the molecule is Brc1ncccn1.C#Cc1cn(-c2ccc(OC(F)(F)F)cc2)nc1Cl.FC(F)(F)Oc1ccc(-n2cc(C#Cc3ncccn3)c(Cl)n2)cc1. The molecule has 6 aromatic rings. The number of terminal acetylenes is 1. The predicted octanol–water partition coefficient (Wildman–Crippen LogP) is 8.26. The second kappa shape index (κ2) is 17.3. The molecule has 0 bridgehead atoms. The van der Waals surface area contributed by atoms with E-state index in [-0.39, 0.29) is 21.8 Å². The van der Waals surface area contributed by atoms with Crippen LogP contribution in [0.3, 0.4) is 0 Å². The summed E-state index contributed by atoms with van der Waals surface area (Å²) >= 11 is 14.9. The summed E-state index contributed by atoms with van der Waals surface area (Å²) in [5.41, 5.74) is 1.85. The van der Waals surface area contributed by atoms with Gasteiger partial charge in [-0.15, -0.1) is 32.8 Å². The second-order valence-electron chi connectivity index (χ2n) is 9.12. The molecule has 10 nitrogen and oxygen atoms in total. The summed E-state index contributed by atoms with van der Waals surface area (Å²) in [5.74, 6) is 7.58. The van der Waals surface area contributed by atoms with Gasteiger partial charge in [0.15, 0.2) is 15.0 Å². The van der Waals surface area contributed by atoms with Crippen molar-refractivity contribution in [1.29, 1.82) is 0 Å². The summed E-state index contributed by atoms with van der Waals surface area (Å²) in [6.07, 6.45) is 5.29. The van der Waals surface area contributed by atoms with E-state index in [0.717, 1.165) is 0 Å². The van der Waals surface area contributed by atoms with Crippen LogP contribution in [0, 0.1) is 24.2 Å². The molecule has 0 radical (unpaired) electrons. The molecule has 2 aromatic carbocycles. The summed E-state index contributed by atoms with van der Waals surface area (Å²) in [5, 5.41) is 8.31. The molecule has 0 amide bonds. The maximum Gasteiger partial charge on any atom is 0.573 e. The lowest BCUT2D eigenvalue weighted by Crippen LogP contribution is -2.17. The van der Waals surface area contributed by atoms with Gasteiger partial charge in [-0.1, -0.05) is 35.0 Å². The molecule has 4 heterocycles. The van der Waals surface area contributed by atoms with Gasteiger partial charge in [-0.3, -0.25) is 0 Å². The number of aromatic nitrogens is 8. The molecule has 260 valence electrons. The van der Waals surface area contributed by atoms with Crippen molar-refractivity contribution in [2.24, 2.45) is 0 Å². The molecule has 0 aliphatic carbocycles. The maximum absolute atomic E-state index is 12.2. The van der Waals surface area contributed by atoms with E-state index in [1.807, 2.05) is 0 Å². The summed E-state index contributed by atoms with van der Waals surface area (Å²) < 4.78 is 83.4. The van der Waals surface area contributed by atoms with Crippen LogP contribution in [-0.2, 0) is 0 Å². The highest BCUT2D eigenvalue weighted by molar-refractivity contribution is 9.10. The van der Waals surface area contributed by atoms with Crippen LogP contribution in [0.1, 0.15) is 17.0 Å². The zero-order valence-electron chi connectivity index (χ0n) is 25.1. The summed E-state index contributed by atoms with van der Waals surface area (Å²) in [7, 11) is 0. The number of hydrogen-bond acceptors (Lipinski definition) is 8. The minimum Gasteiger partial charge on any atom is -0.406 e. The number of ether oxygens (including phenoxy) is 2. The van der Waals surface area contributed by atoms with Gasteiger partial charge < -0.3 is 9.47 Å². The molecule has 0 atom stereocenters. The lowest BCUT2D eigenvalue weighted by Gasteiger charge is -2.09. The normalized spacial score (nSPS) is 10.7. The largest absolute Gasteiger partial charge is 0.573 e. The van der Waals surface area contributed by atoms with Crippen LogP contribution >= 0.6 is 39.1 Å². The molecule has 6 rings (SSSR count). The molecule has 51 heavy (non-hydrogen) atoms. The summed E-state index contributed by atoms with van der Waals surface area (Å²) in [6.45, 7) is 0. The van der Waals surface area contributed by atoms with Crippen molar-refractivity contribution in [2.75, 3.05) is 0 Å². The fourth-order valence-electron chi connectivity index (χ4n) is 3.52. The highest BCUT2D eigenvalue weighted by atomic mass is 79.9. The Bertz CT molecular complexity index is 2130. The van der Waals surface area contributed by atoms with Crippen LogP contribution in [0.2, 0.25) is 10.3 Å². The van der Waals surface area contributed by atoms with Gasteiger partial charge in [0, 0.05) is 37.2 Å². The second-order valence-corrected chi connectivity index (χ2v) is 10.5. The number of halogens is 9. The van der Waals surface area contributed by atoms with E-state index < -0.39 is 12.7 Å². The quantitative estimate of drug-likeness (QED) is 0.0997. The number of hydrogen-bond donors (Lipinski definition) is 0. The molecule has 0 aliphatic rings. The molecule has 4 aromatic heterocycles. The van der Waals surface area contributed by atoms with Crippen molar-refractivity contribution >= 4 is 39.1 Å². The van der Waals surface area contributed by atoms with Crippen molar-refractivity contribution < 1.29 is 35.8 Å². The zero-order chi connectivity index (χ0) is 37.0. The smallest absolute Gasteiger partial charge is 0.406 e. The van der Waals surface area contributed by atoms with Crippen molar-refractivity contribution in [3.05, 3.63) is 130 Å². The molecule has 0 saturated heterocycles. The fourth-order valence-corrected chi connectivity index (χ4v) is 4.12. The molecular formula is C32H17BrCl2F6N8O2. The van der Waals surface area contributed by atoms with E-state index in [1.54, 1.807) is 43.1 Å². The lowest BCUT2D eigenvalue weighted by molar-refractivity contribution is -0.275. The molecule has 0 spiro atoms. The number of nitrogens with zero attached hydrogens (tertiary/aromatic N) is 8. The Kier molecular flexibility index (Phi) is 13.0. The monoisotopic (exact) mass is 808 g/mol. The minimum absolute atomic E-state index is 0.151. The Morgan fingerprint density at radius 1 is 0.627 bits per heavy atom. The minimum atomic E-state index is -4.74. The highest BCUT2D eigenvalue weighted by Gasteiger charge is 2.31. The predicted molar refractivity (Wildman–Crippen MR) is 176 cm³/mol. The molecule has 0 fully saturated rings. The van der Waals surface area contributed by atoms with E-state index in [4.69, 9.17) is 29.6 Å². The number of rotatable bonds is 4. The van der Waals surface area contributed by atoms with E-state index in [1.165, 1.54) is 64.1 Å². The fraction of sp³-hybridized carbons (Fsp3) is 0.0625. The van der Waals surface area contributed by atoms with Gasteiger partial charge in [-0.2, -0.15) is 10.2 Å². The average Bonchev–Trinajstić information content (AvgIpc) is 3.66. The van der Waals surface area contributed by atoms with Gasteiger partial charge in [0.1, 0.15) is 11.5 Å². The Balaban J connectivity index is 0.000000197. The third-order valence-electron chi connectivity index (χ3n) is 5.57. The van der Waals surface area contributed by atoms with Gasteiger partial charge in [-0.05, 0) is 82.5 Å². The van der Waals surface area contributed by atoms with E-state index in [9.17, 15) is 26.3 Å². The number of alkyl halides is 6. The Morgan fingerprint density at radius 3 is 1.41 bits per heavy atom. The topological polar surface area (TPSA) is 106 Å². The third kappa shape index (κ3) is 12.6. The highest BCUT2D eigenvalue weighted by Crippen LogP contribution is 2.26. The van der Waals surface area contributed by atoms with Gasteiger partial charge >= 0.3 is 12.7 Å². The zero-order valence-corrected chi connectivity index (χ0v) is 28.2. The summed E-state index contributed by atoms with van der Waals surface area (Å²) in [6, 6.07) is 13.8. The third-order valence-corrected chi connectivity index (χ3v) is 6.54. The van der Waals surface area contributed by atoms with Crippen molar-refractivity contribution in [3.8, 4) is 47.1 Å². The van der Waals surface area contributed by atoms with Crippen LogP contribution in [0.5, 0.6) is 11.5 Å². The van der Waals surface area contributed by atoms with E-state index >= 15 is 0 Å². The van der Waals surface area contributed by atoms with Crippen LogP contribution in [0.4, 0.5) is 26.3 Å². The van der Waals surface area contributed by atoms with Gasteiger partial charge in [-0.25, -0.2) is 29.3 Å².